The van der Waals surface area contributed by atoms with E-state index in [-0.39, 0.29) is 5.95 Å². The van der Waals surface area contributed by atoms with Gasteiger partial charge in [0.2, 0.25) is 5.95 Å². The Hall–Kier alpha value is -2.89. The van der Waals surface area contributed by atoms with Crippen LogP contribution in [0.4, 0.5) is 23.3 Å². The molecule has 0 atom stereocenters. The van der Waals surface area contributed by atoms with Crippen LogP contribution in [0, 0.1) is 0 Å². The Bertz CT molecular complexity index is 772. The summed E-state index contributed by atoms with van der Waals surface area (Å²) >= 11 is 0. The molecule has 0 aliphatic rings. The highest BCUT2D eigenvalue weighted by molar-refractivity contribution is 5.86. The van der Waals surface area contributed by atoms with Crippen LogP contribution in [0.15, 0.2) is 42.5 Å². The second-order valence-corrected chi connectivity index (χ2v) is 4.58. The van der Waals surface area contributed by atoms with Gasteiger partial charge >= 0.3 is 0 Å². The predicted molar refractivity (Wildman–Crippen MR) is 85.3 cm³/mol. The summed E-state index contributed by atoms with van der Waals surface area (Å²) < 4.78 is 0. The Labute approximate surface area is 122 Å². The first-order chi connectivity index (χ1) is 10.2. The summed E-state index contributed by atoms with van der Waals surface area (Å²) in [6.45, 7) is 2.86. The maximum absolute atomic E-state index is 5.89. The lowest BCUT2D eigenvalue weighted by atomic mass is 10.2. The van der Waals surface area contributed by atoms with Crippen molar-refractivity contribution in [3.8, 4) is 0 Å². The minimum absolute atomic E-state index is 0.157. The highest BCUT2D eigenvalue weighted by atomic mass is 15.2. The van der Waals surface area contributed by atoms with Gasteiger partial charge < -0.3 is 16.4 Å². The minimum atomic E-state index is 0.157. The van der Waals surface area contributed by atoms with Crippen molar-refractivity contribution in [3.05, 3.63) is 42.5 Å². The minimum Gasteiger partial charge on any atom is -0.382 e. The number of hydrogen-bond acceptors (Lipinski definition) is 6. The van der Waals surface area contributed by atoms with Crippen molar-refractivity contribution in [1.29, 1.82) is 0 Å². The van der Waals surface area contributed by atoms with Crippen molar-refractivity contribution in [3.63, 3.8) is 0 Å². The number of benzene rings is 1. The number of aromatic nitrogens is 3. The van der Waals surface area contributed by atoms with E-state index in [1.54, 1.807) is 0 Å². The van der Waals surface area contributed by atoms with Gasteiger partial charge in [0.05, 0.1) is 5.52 Å². The van der Waals surface area contributed by atoms with Gasteiger partial charge in [-0.15, -0.1) is 0 Å². The van der Waals surface area contributed by atoms with E-state index in [0.29, 0.717) is 16.9 Å². The molecule has 0 fully saturated rings. The zero-order valence-electron chi connectivity index (χ0n) is 11.7. The van der Waals surface area contributed by atoms with Crippen molar-refractivity contribution < 1.29 is 0 Å². The van der Waals surface area contributed by atoms with Crippen LogP contribution < -0.4 is 16.4 Å². The molecule has 6 heteroatoms. The van der Waals surface area contributed by atoms with Gasteiger partial charge in [-0.2, -0.15) is 4.98 Å². The topological polar surface area (TPSA) is 94.0 Å². The summed E-state index contributed by atoms with van der Waals surface area (Å²) in [5.41, 5.74) is 13.8. The van der Waals surface area contributed by atoms with Crippen molar-refractivity contribution in [2.24, 2.45) is 0 Å². The molecular weight excluding hydrogens is 264 g/mol. The van der Waals surface area contributed by atoms with Crippen LogP contribution in [0.2, 0.25) is 0 Å². The Kier molecular flexibility index (Phi) is 3.27. The van der Waals surface area contributed by atoms with E-state index in [9.17, 15) is 0 Å². The molecule has 3 rings (SSSR count). The molecule has 4 N–H and O–H groups in total. The number of hydrogen-bond donors (Lipinski definition) is 2. The molecule has 21 heavy (non-hydrogen) atoms. The molecule has 0 spiro atoms. The number of pyridine rings is 1. The number of nitrogens with two attached hydrogens (primary N) is 2. The smallest absolute Gasteiger partial charge is 0.222 e. The van der Waals surface area contributed by atoms with E-state index >= 15 is 0 Å². The lowest BCUT2D eigenvalue weighted by Gasteiger charge is -2.22. The molecule has 2 aromatic heterocycles. The third-order valence-corrected chi connectivity index (χ3v) is 3.23. The third kappa shape index (κ3) is 2.43. The number of nitrogen functional groups attached to an aromatic ring is 2. The van der Waals surface area contributed by atoms with Crippen LogP contribution >= 0.6 is 0 Å². The summed E-state index contributed by atoms with van der Waals surface area (Å²) in [4.78, 5) is 14.8. The standard InChI is InChI=1S/C15H16N6/c1-2-21(10-6-4-3-5-7-10)12-9-8-11-13(19-12)14(16)20-15(17)18-11/h3-9H,2H2,1H3,(H4,16,17,18,20). The molecule has 0 saturated heterocycles. The van der Waals surface area contributed by atoms with Gasteiger partial charge in [0.25, 0.3) is 0 Å². The zero-order chi connectivity index (χ0) is 14.8. The number of anilines is 4. The quantitative estimate of drug-likeness (QED) is 0.764. The van der Waals surface area contributed by atoms with Gasteiger partial charge in [-0.25, -0.2) is 9.97 Å². The average Bonchev–Trinajstić information content (AvgIpc) is 2.49. The van der Waals surface area contributed by atoms with E-state index in [4.69, 9.17) is 11.5 Å². The van der Waals surface area contributed by atoms with Gasteiger partial charge in [0.15, 0.2) is 5.82 Å². The molecule has 0 amide bonds. The molecule has 3 aromatic rings. The Balaban J connectivity index is 2.12. The predicted octanol–water partition coefficient (Wildman–Crippen LogP) is 2.35. The molecular formula is C15H16N6. The number of fused-ring (bicyclic) bond motifs is 1. The average molecular weight is 280 g/mol. The van der Waals surface area contributed by atoms with Gasteiger partial charge in [0.1, 0.15) is 11.3 Å². The molecule has 0 unspecified atom stereocenters. The van der Waals surface area contributed by atoms with Crippen molar-refractivity contribution in [2.75, 3.05) is 22.9 Å². The van der Waals surface area contributed by atoms with Gasteiger partial charge in [-0.3, -0.25) is 0 Å². The lowest BCUT2D eigenvalue weighted by Crippen LogP contribution is -2.17. The van der Waals surface area contributed by atoms with Crippen LogP contribution in [0.5, 0.6) is 0 Å². The molecule has 6 nitrogen and oxygen atoms in total. The molecule has 0 aliphatic heterocycles. The van der Waals surface area contributed by atoms with Crippen LogP contribution in [0.1, 0.15) is 6.92 Å². The SMILES string of the molecule is CCN(c1ccccc1)c1ccc2nc(N)nc(N)c2n1. The molecule has 2 heterocycles. The van der Waals surface area contributed by atoms with E-state index in [2.05, 4.69) is 26.8 Å². The fourth-order valence-corrected chi connectivity index (χ4v) is 2.28. The Morgan fingerprint density at radius 2 is 1.71 bits per heavy atom. The zero-order valence-corrected chi connectivity index (χ0v) is 11.7. The first kappa shape index (κ1) is 13.1. The second-order valence-electron chi connectivity index (χ2n) is 4.58. The fourth-order valence-electron chi connectivity index (χ4n) is 2.28. The Morgan fingerprint density at radius 1 is 0.952 bits per heavy atom. The number of rotatable bonds is 3. The fraction of sp³-hybridized carbons (Fsp3) is 0.133. The van der Waals surface area contributed by atoms with Crippen molar-refractivity contribution >= 4 is 34.3 Å². The first-order valence-electron chi connectivity index (χ1n) is 6.71. The summed E-state index contributed by atoms with van der Waals surface area (Å²) in [5, 5.41) is 0. The van der Waals surface area contributed by atoms with Crippen LogP contribution in [-0.2, 0) is 0 Å². The van der Waals surface area contributed by atoms with Crippen LogP contribution in [0.25, 0.3) is 11.0 Å². The van der Waals surface area contributed by atoms with Crippen molar-refractivity contribution in [2.45, 2.75) is 6.92 Å². The van der Waals surface area contributed by atoms with Gasteiger partial charge in [-0.05, 0) is 31.2 Å². The molecule has 0 radical (unpaired) electrons. The monoisotopic (exact) mass is 280 g/mol. The normalized spacial score (nSPS) is 10.7. The molecule has 0 bridgehead atoms. The highest BCUT2D eigenvalue weighted by Crippen LogP contribution is 2.26. The largest absolute Gasteiger partial charge is 0.382 e. The van der Waals surface area contributed by atoms with E-state index in [1.165, 1.54) is 0 Å². The van der Waals surface area contributed by atoms with Crippen LogP contribution in [0.3, 0.4) is 0 Å². The van der Waals surface area contributed by atoms with Crippen LogP contribution in [-0.4, -0.2) is 21.5 Å². The van der Waals surface area contributed by atoms with E-state index in [1.807, 2.05) is 42.5 Å². The maximum Gasteiger partial charge on any atom is 0.222 e. The lowest BCUT2D eigenvalue weighted by molar-refractivity contribution is 0.995. The molecule has 0 aliphatic carbocycles. The Morgan fingerprint density at radius 3 is 2.43 bits per heavy atom. The van der Waals surface area contributed by atoms with Gasteiger partial charge in [0, 0.05) is 12.2 Å². The maximum atomic E-state index is 5.89. The third-order valence-electron chi connectivity index (χ3n) is 3.23. The molecule has 1 aromatic carbocycles. The van der Waals surface area contributed by atoms with Gasteiger partial charge in [-0.1, -0.05) is 18.2 Å². The first-order valence-corrected chi connectivity index (χ1v) is 6.71. The molecule has 106 valence electrons. The van der Waals surface area contributed by atoms with E-state index < -0.39 is 0 Å². The number of para-hydroxylation sites is 1. The summed E-state index contributed by atoms with van der Waals surface area (Å²) in [5.74, 6) is 1.25. The number of nitrogens with zero attached hydrogens (tertiary/aromatic N) is 4. The summed E-state index contributed by atoms with van der Waals surface area (Å²) in [6.07, 6.45) is 0. The van der Waals surface area contributed by atoms with Crippen molar-refractivity contribution in [1.82, 2.24) is 15.0 Å². The second kappa shape index (κ2) is 5.24. The highest BCUT2D eigenvalue weighted by Gasteiger charge is 2.11. The van der Waals surface area contributed by atoms with E-state index in [0.717, 1.165) is 18.1 Å². The summed E-state index contributed by atoms with van der Waals surface area (Å²) in [7, 11) is 0. The molecule has 0 saturated carbocycles. The summed E-state index contributed by atoms with van der Waals surface area (Å²) in [6, 6.07) is 13.8.